The Morgan fingerprint density at radius 2 is 2.03 bits per heavy atom. The Balaban J connectivity index is 2.43. The molecule has 0 bridgehead atoms. The number of nitrogens with one attached hydrogen (secondary N) is 1. The molecule has 7 nitrogen and oxygen atoms in total. The number of hydrogen-bond donors (Lipinski definition) is 2. The summed E-state index contributed by atoms with van der Waals surface area (Å²) in [6.07, 6.45) is 1.67. The van der Waals surface area contributed by atoms with E-state index in [9.17, 15) is 14.0 Å². The molecule has 2 amide bonds. The molecule has 160 valence electrons. The molecule has 2 aromatic rings. The number of carbonyl (C=O) groups is 2. The predicted molar refractivity (Wildman–Crippen MR) is 110 cm³/mol. The van der Waals surface area contributed by atoms with Crippen LogP contribution in [0.4, 0.5) is 4.39 Å². The monoisotopic (exact) mass is 406 g/mol. The van der Waals surface area contributed by atoms with Crippen LogP contribution in [0.5, 0.6) is 0 Å². The van der Waals surface area contributed by atoms with Crippen LogP contribution < -0.4 is 11.1 Å². The molecule has 1 aromatic carbocycles. The molecule has 1 heterocycles. The SMILES string of the molecule is CCC(CCOC)Cn1nc(C(=O)NC(C(N)=O)C(C)(C)C)c2cccc(F)c21. The molecule has 0 fully saturated rings. The number of nitrogens with two attached hydrogens (primary N) is 1. The molecular weight excluding hydrogens is 375 g/mol. The molecule has 2 rings (SSSR count). The van der Waals surface area contributed by atoms with E-state index in [2.05, 4.69) is 17.3 Å². The van der Waals surface area contributed by atoms with Crippen LogP contribution in [0.2, 0.25) is 0 Å². The molecule has 0 saturated heterocycles. The van der Waals surface area contributed by atoms with Gasteiger partial charge >= 0.3 is 0 Å². The second kappa shape index (κ2) is 9.35. The summed E-state index contributed by atoms with van der Waals surface area (Å²) in [4.78, 5) is 24.8. The zero-order valence-corrected chi connectivity index (χ0v) is 17.8. The molecule has 0 spiro atoms. The Morgan fingerprint density at radius 1 is 1.34 bits per heavy atom. The topological polar surface area (TPSA) is 99.2 Å². The third kappa shape index (κ3) is 5.32. The predicted octanol–water partition coefficient (Wildman–Crippen LogP) is 2.87. The normalized spacial score (nSPS) is 14.0. The fourth-order valence-corrected chi connectivity index (χ4v) is 3.36. The number of primary amides is 1. The van der Waals surface area contributed by atoms with Crippen molar-refractivity contribution in [2.45, 2.75) is 53.1 Å². The van der Waals surface area contributed by atoms with Crippen molar-refractivity contribution in [3.05, 3.63) is 29.7 Å². The van der Waals surface area contributed by atoms with Crippen LogP contribution in [-0.4, -0.2) is 41.4 Å². The highest BCUT2D eigenvalue weighted by molar-refractivity contribution is 6.06. The van der Waals surface area contributed by atoms with Gasteiger partial charge in [-0.15, -0.1) is 0 Å². The fourth-order valence-electron chi connectivity index (χ4n) is 3.36. The third-order valence-corrected chi connectivity index (χ3v) is 5.10. The summed E-state index contributed by atoms with van der Waals surface area (Å²) in [5, 5.41) is 7.48. The standard InChI is InChI=1S/C21H31FN4O3/c1-6-13(10-11-29-5)12-26-17-14(8-7-9-15(17)22)16(25-26)20(28)24-18(19(23)27)21(2,3)4/h7-9,13,18H,6,10-12H2,1-5H3,(H2,23,27)(H,24,28). The first-order valence-electron chi connectivity index (χ1n) is 9.84. The molecule has 29 heavy (non-hydrogen) atoms. The minimum absolute atomic E-state index is 0.0802. The Morgan fingerprint density at radius 3 is 2.59 bits per heavy atom. The van der Waals surface area contributed by atoms with Gasteiger partial charge in [0.1, 0.15) is 17.4 Å². The van der Waals surface area contributed by atoms with E-state index in [1.165, 1.54) is 12.1 Å². The van der Waals surface area contributed by atoms with Crippen molar-refractivity contribution in [1.29, 1.82) is 0 Å². The lowest BCUT2D eigenvalue weighted by Crippen LogP contribution is -2.52. The zero-order valence-electron chi connectivity index (χ0n) is 17.8. The number of fused-ring (bicyclic) bond motifs is 1. The van der Waals surface area contributed by atoms with Gasteiger partial charge in [-0.3, -0.25) is 14.3 Å². The van der Waals surface area contributed by atoms with E-state index in [0.29, 0.717) is 18.5 Å². The van der Waals surface area contributed by atoms with Crippen LogP contribution in [0.3, 0.4) is 0 Å². The maximum absolute atomic E-state index is 14.6. The van der Waals surface area contributed by atoms with Crippen molar-refractivity contribution in [3.8, 4) is 0 Å². The van der Waals surface area contributed by atoms with Crippen molar-refractivity contribution in [1.82, 2.24) is 15.1 Å². The van der Waals surface area contributed by atoms with Gasteiger partial charge < -0.3 is 15.8 Å². The summed E-state index contributed by atoms with van der Waals surface area (Å²) in [7, 11) is 1.64. The Bertz CT molecular complexity index is 873. The number of para-hydroxylation sites is 1. The highest BCUT2D eigenvalue weighted by atomic mass is 19.1. The lowest BCUT2D eigenvalue weighted by Gasteiger charge is -2.28. The van der Waals surface area contributed by atoms with Gasteiger partial charge in [-0.2, -0.15) is 5.10 Å². The maximum atomic E-state index is 14.6. The maximum Gasteiger partial charge on any atom is 0.273 e. The van der Waals surface area contributed by atoms with E-state index in [1.807, 2.05) is 0 Å². The number of ether oxygens (including phenoxy) is 1. The minimum Gasteiger partial charge on any atom is -0.385 e. The van der Waals surface area contributed by atoms with Crippen molar-refractivity contribution >= 4 is 22.7 Å². The molecular formula is C21H31FN4O3. The van der Waals surface area contributed by atoms with E-state index < -0.39 is 29.1 Å². The minimum atomic E-state index is -0.881. The molecule has 1 aromatic heterocycles. The first kappa shape index (κ1) is 22.8. The van der Waals surface area contributed by atoms with Crippen molar-refractivity contribution in [3.63, 3.8) is 0 Å². The number of rotatable bonds is 9. The number of aromatic nitrogens is 2. The van der Waals surface area contributed by atoms with Gasteiger partial charge in [-0.1, -0.05) is 46.2 Å². The smallest absolute Gasteiger partial charge is 0.273 e. The number of methoxy groups -OCH3 is 1. The van der Waals surface area contributed by atoms with Crippen molar-refractivity contribution in [2.24, 2.45) is 17.1 Å². The summed E-state index contributed by atoms with van der Waals surface area (Å²) in [6.45, 7) is 8.53. The van der Waals surface area contributed by atoms with Crippen LogP contribution in [0, 0.1) is 17.2 Å². The quantitative estimate of drug-likeness (QED) is 0.669. The Labute approximate surface area is 170 Å². The largest absolute Gasteiger partial charge is 0.385 e. The van der Waals surface area contributed by atoms with Gasteiger partial charge in [0.05, 0.1) is 0 Å². The zero-order chi connectivity index (χ0) is 21.8. The van der Waals surface area contributed by atoms with Gasteiger partial charge in [0.25, 0.3) is 5.91 Å². The second-order valence-corrected chi connectivity index (χ2v) is 8.40. The van der Waals surface area contributed by atoms with Gasteiger partial charge in [0.2, 0.25) is 5.91 Å². The van der Waals surface area contributed by atoms with E-state index in [-0.39, 0.29) is 17.1 Å². The van der Waals surface area contributed by atoms with E-state index in [0.717, 1.165) is 12.8 Å². The number of benzene rings is 1. The van der Waals surface area contributed by atoms with Crippen LogP contribution in [0.1, 0.15) is 51.0 Å². The van der Waals surface area contributed by atoms with E-state index in [1.54, 1.807) is 38.6 Å². The number of amides is 2. The first-order valence-corrected chi connectivity index (χ1v) is 9.84. The Hall–Kier alpha value is -2.48. The molecule has 2 unspecified atom stereocenters. The first-order chi connectivity index (χ1) is 13.6. The molecule has 2 atom stereocenters. The van der Waals surface area contributed by atoms with Gasteiger partial charge in [0.15, 0.2) is 5.69 Å². The lowest BCUT2D eigenvalue weighted by molar-refractivity contribution is -0.122. The molecule has 0 saturated carbocycles. The lowest BCUT2D eigenvalue weighted by atomic mass is 9.86. The number of halogens is 1. The van der Waals surface area contributed by atoms with Crippen molar-refractivity contribution < 1.29 is 18.7 Å². The number of hydrogen-bond acceptors (Lipinski definition) is 4. The fraction of sp³-hybridized carbons (Fsp3) is 0.571. The molecule has 0 aliphatic rings. The summed E-state index contributed by atoms with van der Waals surface area (Å²) in [5.41, 5.74) is 5.26. The number of carbonyl (C=O) groups excluding carboxylic acids is 2. The molecule has 0 aliphatic heterocycles. The van der Waals surface area contributed by atoms with Gasteiger partial charge in [0, 0.05) is 25.6 Å². The molecule has 8 heteroatoms. The van der Waals surface area contributed by atoms with Crippen LogP contribution >= 0.6 is 0 Å². The van der Waals surface area contributed by atoms with Crippen LogP contribution in [0.25, 0.3) is 10.9 Å². The highest BCUT2D eigenvalue weighted by Crippen LogP contribution is 2.25. The average molecular weight is 407 g/mol. The summed E-state index contributed by atoms with van der Waals surface area (Å²) < 4.78 is 21.3. The third-order valence-electron chi connectivity index (χ3n) is 5.10. The van der Waals surface area contributed by atoms with Gasteiger partial charge in [-0.05, 0) is 23.8 Å². The van der Waals surface area contributed by atoms with Crippen molar-refractivity contribution in [2.75, 3.05) is 13.7 Å². The van der Waals surface area contributed by atoms with Crippen LogP contribution in [-0.2, 0) is 16.1 Å². The van der Waals surface area contributed by atoms with E-state index in [4.69, 9.17) is 10.5 Å². The molecule has 0 radical (unpaired) electrons. The summed E-state index contributed by atoms with van der Waals surface area (Å²) in [6, 6.07) is 3.66. The highest BCUT2D eigenvalue weighted by Gasteiger charge is 2.32. The van der Waals surface area contributed by atoms with E-state index >= 15 is 0 Å². The molecule has 3 N–H and O–H groups in total. The average Bonchev–Trinajstić information content (AvgIpc) is 3.01. The van der Waals surface area contributed by atoms with Gasteiger partial charge in [-0.25, -0.2) is 4.39 Å². The second-order valence-electron chi connectivity index (χ2n) is 8.40. The molecule has 0 aliphatic carbocycles. The summed E-state index contributed by atoms with van der Waals surface area (Å²) in [5.74, 6) is -1.41. The summed E-state index contributed by atoms with van der Waals surface area (Å²) >= 11 is 0. The number of nitrogens with zero attached hydrogens (tertiary/aromatic N) is 2. The Kier molecular flexibility index (Phi) is 7.35. The van der Waals surface area contributed by atoms with Crippen LogP contribution in [0.15, 0.2) is 18.2 Å².